The number of carboxylic acid groups (broad SMARTS) is 1. The molecule has 5 nitrogen and oxygen atoms in total. The molecule has 2 rings (SSSR count). The van der Waals surface area contributed by atoms with Crippen LogP contribution in [0.4, 0.5) is 0 Å². The second-order valence-electron chi connectivity index (χ2n) is 6.03. The van der Waals surface area contributed by atoms with Gasteiger partial charge in [0.2, 0.25) is 0 Å². The molecule has 0 amide bonds. The Bertz CT molecular complexity index is 465. The van der Waals surface area contributed by atoms with E-state index < -0.39 is 18.2 Å². The summed E-state index contributed by atoms with van der Waals surface area (Å²) in [4.78, 5) is 11.2. The highest BCUT2D eigenvalue weighted by Gasteiger charge is 2.39. The molecule has 0 aromatic heterocycles. The van der Waals surface area contributed by atoms with Gasteiger partial charge in [-0.05, 0) is 16.5 Å². The van der Waals surface area contributed by atoms with E-state index in [-0.39, 0.29) is 11.3 Å². The first-order valence-corrected chi connectivity index (χ1v) is 6.40. The Morgan fingerprint density at radius 3 is 2.26 bits per heavy atom. The summed E-state index contributed by atoms with van der Waals surface area (Å²) in [6.45, 7) is 6.44. The molecule has 1 aliphatic rings. The Hall–Kier alpha value is -1.43. The topological polar surface area (TPSA) is 87.4 Å². The summed E-state index contributed by atoms with van der Waals surface area (Å²) in [7, 11) is 0. The van der Waals surface area contributed by atoms with E-state index in [1.807, 2.05) is 24.3 Å². The van der Waals surface area contributed by atoms with Crippen LogP contribution in [-0.2, 0) is 10.2 Å². The molecule has 1 fully saturated rings. The molecule has 5 heteroatoms. The third-order valence-corrected chi connectivity index (χ3v) is 3.58. The van der Waals surface area contributed by atoms with Crippen molar-refractivity contribution in [2.75, 3.05) is 0 Å². The summed E-state index contributed by atoms with van der Waals surface area (Å²) in [6, 6.07) is 7.32. The number of carboxylic acids is 1. The maximum Gasteiger partial charge on any atom is 0.322 e. The molecule has 0 radical (unpaired) electrons. The number of aliphatic carboxylic acids is 1. The van der Waals surface area contributed by atoms with Gasteiger partial charge in [0.25, 0.3) is 0 Å². The van der Waals surface area contributed by atoms with Gasteiger partial charge in [0.05, 0.1) is 6.17 Å². The Morgan fingerprint density at radius 1 is 1.21 bits per heavy atom. The molecule has 1 aromatic rings. The molecule has 104 valence electrons. The average molecular weight is 263 g/mol. The molecule has 5 N–H and O–H groups in total. The van der Waals surface area contributed by atoms with E-state index in [2.05, 4.69) is 31.6 Å². The third kappa shape index (κ3) is 2.78. The van der Waals surface area contributed by atoms with Crippen LogP contribution in [0.3, 0.4) is 0 Å². The highest BCUT2D eigenvalue weighted by Crippen LogP contribution is 2.28. The number of carbonyl (C=O) groups is 1. The number of hydrogen-bond acceptors (Lipinski definition) is 4. The van der Waals surface area contributed by atoms with Crippen LogP contribution < -0.4 is 16.6 Å². The van der Waals surface area contributed by atoms with Gasteiger partial charge in [-0.2, -0.15) is 0 Å². The first-order chi connectivity index (χ1) is 8.80. The Balaban J connectivity index is 2.28. The van der Waals surface area contributed by atoms with E-state index in [1.165, 1.54) is 5.56 Å². The summed E-state index contributed by atoms with van der Waals surface area (Å²) in [6.07, 6.45) is -0.401. The maximum atomic E-state index is 11.2. The molecule has 1 aromatic carbocycles. The highest BCUT2D eigenvalue weighted by atomic mass is 16.4. The maximum absolute atomic E-state index is 11.2. The van der Waals surface area contributed by atoms with E-state index >= 15 is 0 Å². The number of benzene rings is 1. The Morgan fingerprint density at radius 2 is 1.79 bits per heavy atom. The van der Waals surface area contributed by atoms with Crippen molar-refractivity contribution in [1.29, 1.82) is 0 Å². The van der Waals surface area contributed by atoms with Crippen LogP contribution in [0.1, 0.15) is 37.8 Å². The van der Waals surface area contributed by atoms with Crippen molar-refractivity contribution < 1.29 is 9.90 Å². The second-order valence-corrected chi connectivity index (χ2v) is 6.03. The number of rotatable bonds is 2. The normalized spacial score (nSPS) is 27.5. The van der Waals surface area contributed by atoms with Crippen LogP contribution in [0.5, 0.6) is 0 Å². The first kappa shape index (κ1) is 14.0. The molecule has 1 saturated heterocycles. The van der Waals surface area contributed by atoms with Gasteiger partial charge in [-0.1, -0.05) is 45.0 Å². The molecule has 19 heavy (non-hydrogen) atoms. The quantitative estimate of drug-likeness (QED) is 0.637. The third-order valence-electron chi connectivity index (χ3n) is 3.58. The largest absolute Gasteiger partial charge is 0.480 e. The fraction of sp³-hybridized carbons (Fsp3) is 0.500. The van der Waals surface area contributed by atoms with Gasteiger partial charge in [0.1, 0.15) is 6.04 Å². The van der Waals surface area contributed by atoms with Gasteiger partial charge < -0.3 is 10.8 Å². The standard InChI is InChI=1S/C14H21N3O2/c1-14(2,3)9-6-4-8(5-7-9)10-11(13(18)19)16-17-12(10)15/h4-7,10-12,16-17H,15H2,1-3H3,(H,18,19). The van der Waals surface area contributed by atoms with Gasteiger partial charge in [0.15, 0.2) is 0 Å². The van der Waals surface area contributed by atoms with Crippen LogP contribution >= 0.6 is 0 Å². The Kier molecular flexibility index (Phi) is 3.62. The van der Waals surface area contributed by atoms with Crippen molar-refractivity contribution in [1.82, 2.24) is 10.9 Å². The fourth-order valence-corrected chi connectivity index (χ4v) is 2.39. The van der Waals surface area contributed by atoms with E-state index in [0.29, 0.717) is 0 Å². The van der Waals surface area contributed by atoms with Crippen LogP contribution in [-0.4, -0.2) is 23.3 Å². The molecule has 1 heterocycles. The predicted molar refractivity (Wildman–Crippen MR) is 73.6 cm³/mol. The summed E-state index contributed by atoms with van der Waals surface area (Å²) < 4.78 is 0. The summed E-state index contributed by atoms with van der Waals surface area (Å²) in [5.74, 6) is -1.17. The van der Waals surface area contributed by atoms with Crippen LogP contribution in [0.25, 0.3) is 0 Å². The average Bonchev–Trinajstić information content (AvgIpc) is 2.70. The van der Waals surface area contributed by atoms with Gasteiger partial charge in [-0.15, -0.1) is 0 Å². The highest BCUT2D eigenvalue weighted by molar-refractivity contribution is 5.75. The molecule has 3 atom stereocenters. The number of hydrazine groups is 1. The zero-order valence-electron chi connectivity index (χ0n) is 11.5. The number of nitrogens with two attached hydrogens (primary N) is 1. The van der Waals surface area contributed by atoms with Crippen molar-refractivity contribution in [3.63, 3.8) is 0 Å². The lowest BCUT2D eigenvalue weighted by Crippen LogP contribution is -2.39. The fourth-order valence-electron chi connectivity index (χ4n) is 2.39. The van der Waals surface area contributed by atoms with Crippen molar-refractivity contribution in [3.05, 3.63) is 35.4 Å². The van der Waals surface area contributed by atoms with Crippen LogP contribution in [0.15, 0.2) is 24.3 Å². The van der Waals surface area contributed by atoms with Crippen LogP contribution in [0.2, 0.25) is 0 Å². The van der Waals surface area contributed by atoms with Crippen molar-refractivity contribution >= 4 is 5.97 Å². The summed E-state index contributed by atoms with van der Waals surface area (Å²) in [5, 5.41) is 9.19. The monoisotopic (exact) mass is 263 g/mol. The lowest BCUT2D eigenvalue weighted by Gasteiger charge is -2.22. The first-order valence-electron chi connectivity index (χ1n) is 6.40. The minimum absolute atomic E-state index is 0.0824. The minimum atomic E-state index is -0.898. The molecule has 0 bridgehead atoms. The zero-order valence-corrected chi connectivity index (χ0v) is 11.5. The van der Waals surface area contributed by atoms with E-state index in [0.717, 1.165) is 5.56 Å². The van der Waals surface area contributed by atoms with E-state index in [4.69, 9.17) is 5.73 Å². The zero-order chi connectivity index (χ0) is 14.2. The smallest absolute Gasteiger partial charge is 0.322 e. The van der Waals surface area contributed by atoms with Gasteiger partial charge in [-0.25, -0.2) is 10.9 Å². The van der Waals surface area contributed by atoms with Gasteiger partial charge in [-0.3, -0.25) is 4.79 Å². The molecule has 0 aliphatic carbocycles. The number of nitrogens with one attached hydrogen (secondary N) is 2. The molecule has 3 unspecified atom stereocenters. The van der Waals surface area contributed by atoms with Gasteiger partial charge >= 0.3 is 5.97 Å². The summed E-state index contributed by atoms with van der Waals surface area (Å²) in [5.41, 5.74) is 13.7. The van der Waals surface area contributed by atoms with Crippen LogP contribution in [0, 0.1) is 0 Å². The van der Waals surface area contributed by atoms with Crippen molar-refractivity contribution in [2.24, 2.45) is 5.73 Å². The van der Waals surface area contributed by atoms with E-state index in [9.17, 15) is 9.90 Å². The Labute approximate surface area is 113 Å². The predicted octanol–water partition coefficient (Wildman–Crippen LogP) is 0.914. The summed E-state index contributed by atoms with van der Waals surface area (Å²) >= 11 is 0. The minimum Gasteiger partial charge on any atom is -0.480 e. The lowest BCUT2D eigenvalue weighted by molar-refractivity contribution is -0.139. The van der Waals surface area contributed by atoms with Crippen molar-refractivity contribution in [3.8, 4) is 0 Å². The van der Waals surface area contributed by atoms with E-state index in [1.54, 1.807) is 0 Å². The molecule has 0 saturated carbocycles. The lowest BCUT2D eigenvalue weighted by atomic mass is 9.84. The molecular formula is C14H21N3O2. The van der Waals surface area contributed by atoms with Crippen molar-refractivity contribution in [2.45, 2.75) is 44.3 Å². The number of hydrogen-bond donors (Lipinski definition) is 4. The second kappa shape index (κ2) is 4.92. The van der Waals surface area contributed by atoms with Gasteiger partial charge in [0, 0.05) is 5.92 Å². The molecule has 1 aliphatic heterocycles. The molecular weight excluding hydrogens is 242 g/mol. The SMILES string of the molecule is CC(C)(C)c1ccc(C2C(N)NNC2C(=O)O)cc1. The molecule has 0 spiro atoms.